The van der Waals surface area contributed by atoms with Crippen LogP contribution < -0.4 is 0 Å². The van der Waals surface area contributed by atoms with Crippen molar-refractivity contribution in [3.63, 3.8) is 0 Å². The molecule has 1 N–H and O–H groups in total. The Morgan fingerprint density at radius 2 is 1.83 bits per heavy atom. The van der Waals surface area contributed by atoms with Gasteiger partial charge in [0.25, 0.3) is 0 Å². The lowest BCUT2D eigenvalue weighted by Crippen LogP contribution is -2.01. The van der Waals surface area contributed by atoms with Crippen LogP contribution in [0.3, 0.4) is 0 Å². The summed E-state index contributed by atoms with van der Waals surface area (Å²) in [5, 5.41) is 18.5. The minimum absolute atomic E-state index is 0.0158. The maximum absolute atomic E-state index is 13.1. The summed E-state index contributed by atoms with van der Waals surface area (Å²) < 4.78 is 26.1. The van der Waals surface area contributed by atoms with E-state index in [0.717, 1.165) is 26.5 Å². The molecule has 0 radical (unpaired) electrons. The van der Waals surface area contributed by atoms with Gasteiger partial charge >= 0.3 is 0 Å². The zero-order valence-corrected chi connectivity index (χ0v) is 17.9. The van der Waals surface area contributed by atoms with Gasteiger partial charge in [-0.15, -0.1) is 12.8 Å². The maximum atomic E-state index is 13.1. The predicted octanol–water partition coefficient (Wildman–Crippen LogP) is 6.36. The molecule has 0 aromatic heterocycles. The Hall–Kier alpha value is -2.86. The molecule has 0 heterocycles. The van der Waals surface area contributed by atoms with Crippen molar-refractivity contribution in [1.82, 2.24) is 0 Å². The summed E-state index contributed by atoms with van der Waals surface area (Å²) in [7, 11) is 0. The Bertz CT molecular complexity index is 955. The number of alkyl halides is 2. The average molecular weight is 426 g/mol. The molecule has 0 amide bonds. The van der Waals surface area contributed by atoms with Gasteiger partial charge in [-0.25, -0.2) is 8.78 Å². The van der Waals surface area contributed by atoms with E-state index in [9.17, 15) is 13.9 Å². The number of nitriles is 1. The lowest BCUT2D eigenvalue weighted by Gasteiger charge is -2.14. The number of aliphatic hydroxyl groups is 1. The fourth-order valence-corrected chi connectivity index (χ4v) is 3.73. The standard InChI is InChI=1S/C23H23F2NOS.C2H2/c1-3-20(28-21(4-2)15-27)11-16-8-9-19(13-23(24)25)22(12-16)18-7-5-6-17(10-18)14-26;1-2/h3-10,12,23,27H,11,13,15H2,1-2H3;1-2H/b20-3-,21-4-;. The van der Waals surface area contributed by atoms with Crippen LogP contribution in [-0.2, 0) is 12.8 Å². The van der Waals surface area contributed by atoms with Crippen molar-refractivity contribution in [2.75, 3.05) is 6.61 Å². The molecule has 2 rings (SSSR count). The molecule has 0 saturated carbocycles. The summed E-state index contributed by atoms with van der Waals surface area (Å²) >= 11 is 1.52. The van der Waals surface area contributed by atoms with Crippen LogP contribution in [-0.4, -0.2) is 18.1 Å². The molecule has 0 spiro atoms. The highest BCUT2D eigenvalue weighted by molar-refractivity contribution is 8.06. The molecule has 0 aliphatic carbocycles. The molecular weight excluding hydrogens is 400 g/mol. The summed E-state index contributed by atoms with van der Waals surface area (Å²) in [5.74, 6) is 0. The average Bonchev–Trinajstić information content (AvgIpc) is 2.78. The van der Waals surface area contributed by atoms with Crippen LogP contribution in [0, 0.1) is 24.2 Å². The molecule has 30 heavy (non-hydrogen) atoms. The van der Waals surface area contributed by atoms with E-state index in [1.165, 1.54) is 11.8 Å². The Balaban J connectivity index is 0.00000218. The number of hydrogen-bond donors (Lipinski definition) is 1. The molecule has 0 unspecified atom stereocenters. The topological polar surface area (TPSA) is 44.0 Å². The first-order valence-corrected chi connectivity index (χ1v) is 10.1. The highest BCUT2D eigenvalue weighted by Gasteiger charge is 2.13. The lowest BCUT2D eigenvalue weighted by molar-refractivity contribution is 0.149. The van der Waals surface area contributed by atoms with Gasteiger partial charge in [-0.1, -0.05) is 54.2 Å². The number of nitrogens with zero attached hydrogens (tertiary/aromatic N) is 1. The third-order valence-electron chi connectivity index (χ3n) is 4.29. The summed E-state index contributed by atoms with van der Waals surface area (Å²) in [6.45, 7) is 3.80. The van der Waals surface area contributed by atoms with E-state index in [2.05, 4.69) is 18.9 Å². The van der Waals surface area contributed by atoms with Gasteiger partial charge in [-0.2, -0.15) is 5.26 Å². The first-order chi connectivity index (χ1) is 14.5. The number of aliphatic hydroxyl groups excluding tert-OH is 1. The fraction of sp³-hybridized carbons (Fsp3) is 0.240. The maximum Gasteiger partial charge on any atom is 0.242 e. The van der Waals surface area contributed by atoms with E-state index >= 15 is 0 Å². The molecule has 0 aliphatic rings. The van der Waals surface area contributed by atoms with Gasteiger partial charge in [0, 0.05) is 17.7 Å². The van der Waals surface area contributed by atoms with E-state index in [1.54, 1.807) is 24.3 Å². The number of hydrogen-bond acceptors (Lipinski definition) is 3. The zero-order chi connectivity index (χ0) is 22.5. The number of benzene rings is 2. The third-order valence-corrected chi connectivity index (χ3v) is 5.56. The number of rotatable bonds is 8. The molecule has 156 valence electrons. The lowest BCUT2D eigenvalue weighted by atomic mass is 9.93. The van der Waals surface area contributed by atoms with Crippen molar-refractivity contribution < 1.29 is 13.9 Å². The van der Waals surface area contributed by atoms with Crippen molar-refractivity contribution in [3.05, 3.63) is 81.1 Å². The van der Waals surface area contributed by atoms with Gasteiger partial charge in [-0.3, -0.25) is 0 Å². The quantitative estimate of drug-likeness (QED) is 0.501. The van der Waals surface area contributed by atoms with Crippen LogP contribution in [0.15, 0.2) is 64.4 Å². The second-order valence-electron chi connectivity index (χ2n) is 6.23. The molecule has 2 aromatic carbocycles. The van der Waals surface area contributed by atoms with Crippen LogP contribution in [0.25, 0.3) is 11.1 Å². The Morgan fingerprint density at radius 3 is 2.40 bits per heavy atom. The van der Waals surface area contributed by atoms with Gasteiger partial charge in [0.1, 0.15) is 0 Å². The fourth-order valence-electron chi connectivity index (χ4n) is 2.85. The van der Waals surface area contributed by atoms with Crippen LogP contribution in [0.2, 0.25) is 0 Å². The largest absolute Gasteiger partial charge is 0.391 e. The van der Waals surface area contributed by atoms with E-state index in [-0.39, 0.29) is 13.0 Å². The van der Waals surface area contributed by atoms with E-state index in [4.69, 9.17) is 5.26 Å². The van der Waals surface area contributed by atoms with E-state index < -0.39 is 6.43 Å². The molecule has 0 aliphatic heterocycles. The van der Waals surface area contributed by atoms with Crippen LogP contribution in [0.1, 0.15) is 30.5 Å². The van der Waals surface area contributed by atoms with Gasteiger partial charge in [-0.05, 0) is 53.1 Å². The Morgan fingerprint density at radius 1 is 1.13 bits per heavy atom. The molecular formula is C25H25F2NOS. The molecule has 0 fully saturated rings. The molecule has 2 aromatic rings. The smallest absolute Gasteiger partial charge is 0.242 e. The monoisotopic (exact) mass is 425 g/mol. The number of thioether (sulfide) groups is 1. The SMILES string of the molecule is C#C.C/C=C(/CO)S/C(=C\C)Cc1ccc(CC(F)F)c(-c2cccc(C#N)c2)c1. The van der Waals surface area contributed by atoms with Gasteiger partial charge in [0.15, 0.2) is 0 Å². The van der Waals surface area contributed by atoms with E-state index in [0.29, 0.717) is 17.5 Å². The Kier molecular flexibility index (Phi) is 11.2. The third kappa shape index (κ3) is 7.52. The van der Waals surface area contributed by atoms with Crippen LogP contribution in [0.4, 0.5) is 8.78 Å². The van der Waals surface area contributed by atoms with Crippen LogP contribution in [0.5, 0.6) is 0 Å². The van der Waals surface area contributed by atoms with Crippen molar-refractivity contribution in [2.24, 2.45) is 0 Å². The first kappa shape index (κ1) is 25.2. The highest BCUT2D eigenvalue weighted by Crippen LogP contribution is 2.32. The summed E-state index contributed by atoms with van der Waals surface area (Å²) in [6, 6.07) is 14.7. The summed E-state index contributed by atoms with van der Waals surface area (Å²) in [6.07, 6.45) is 9.74. The predicted molar refractivity (Wildman–Crippen MR) is 122 cm³/mol. The van der Waals surface area contributed by atoms with Crippen molar-refractivity contribution in [2.45, 2.75) is 33.1 Å². The van der Waals surface area contributed by atoms with Gasteiger partial charge in [0.05, 0.1) is 18.2 Å². The summed E-state index contributed by atoms with van der Waals surface area (Å²) in [4.78, 5) is 1.94. The van der Waals surface area contributed by atoms with Crippen molar-refractivity contribution >= 4 is 11.8 Å². The molecule has 0 bridgehead atoms. The zero-order valence-electron chi connectivity index (χ0n) is 17.1. The van der Waals surface area contributed by atoms with E-state index in [1.807, 2.05) is 44.2 Å². The number of halogens is 2. The van der Waals surface area contributed by atoms with Gasteiger partial charge < -0.3 is 5.11 Å². The molecule has 5 heteroatoms. The number of terminal acetylenes is 1. The minimum Gasteiger partial charge on any atom is -0.391 e. The molecule has 0 saturated heterocycles. The normalized spacial score (nSPS) is 11.6. The summed E-state index contributed by atoms with van der Waals surface area (Å²) in [5.41, 5.74) is 3.54. The van der Waals surface area contributed by atoms with Crippen molar-refractivity contribution in [3.8, 4) is 30.0 Å². The van der Waals surface area contributed by atoms with Crippen LogP contribution >= 0.6 is 11.8 Å². The van der Waals surface area contributed by atoms with Gasteiger partial charge in [0.2, 0.25) is 6.43 Å². The highest BCUT2D eigenvalue weighted by atomic mass is 32.2. The molecule has 2 nitrogen and oxygen atoms in total. The number of allylic oxidation sites excluding steroid dienone is 3. The molecule has 0 atom stereocenters. The second kappa shape index (κ2) is 13.4. The first-order valence-electron chi connectivity index (χ1n) is 9.33. The van der Waals surface area contributed by atoms with Crippen molar-refractivity contribution in [1.29, 1.82) is 5.26 Å². The Labute approximate surface area is 181 Å². The minimum atomic E-state index is -2.44. The second-order valence-corrected chi connectivity index (χ2v) is 7.48.